The molecule has 1 N–H and O–H groups in total. The van der Waals surface area contributed by atoms with Crippen molar-refractivity contribution in [2.45, 2.75) is 6.04 Å². The first-order valence-electron chi connectivity index (χ1n) is 8.85. The third kappa shape index (κ3) is 3.78. The monoisotopic (exact) mass is 376 g/mol. The van der Waals surface area contributed by atoms with Crippen LogP contribution >= 0.6 is 0 Å². The Morgan fingerprint density at radius 3 is 2.18 bits per heavy atom. The van der Waals surface area contributed by atoms with E-state index < -0.39 is 0 Å². The first-order chi connectivity index (χ1) is 13.6. The Morgan fingerprint density at radius 2 is 1.50 bits per heavy atom. The maximum atomic E-state index is 13.4. The van der Waals surface area contributed by atoms with Crippen LogP contribution in [0.25, 0.3) is 10.9 Å². The maximum Gasteiger partial charge on any atom is 0.123 e. The maximum absolute atomic E-state index is 13.4. The first-order valence-corrected chi connectivity index (χ1v) is 8.85. The van der Waals surface area contributed by atoms with Gasteiger partial charge in [-0.25, -0.2) is 8.78 Å². The number of benzene rings is 3. The van der Waals surface area contributed by atoms with E-state index in [0.29, 0.717) is 0 Å². The van der Waals surface area contributed by atoms with Gasteiger partial charge in [-0.05, 0) is 66.2 Å². The summed E-state index contributed by atoms with van der Waals surface area (Å²) in [5.74, 6) is 0.158. The van der Waals surface area contributed by atoms with Crippen LogP contribution in [0.2, 0.25) is 0 Å². The third-order valence-electron chi connectivity index (χ3n) is 4.57. The quantitative estimate of drug-likeness (QED) is 0.483. The van der Waals surface area contributed by atoms with E-state index in [1.165, 1.54) is 24.3 Å². The van der Waals surface area contributed by atoms with Gasteiger partial charge in [0, 0.05) is 11.1 Å². The number of ether oxygens (including phenoxy) is 1. The van der Waals surface area contributed by atoms with Crippen LogP contribution in [0.4, 0.5) is 14.5 Å². The Morgan fingerprint density at radius 1 is 0.821 bits per heavy atom. The topological polar surface area (TPSA) is 34.1 Å². The summed E-state index contributed by atoms with van der Waals surface area (Å²) in [6, 6.07) is 21.6. The van der Waals surface area contributed by atoms with E-state index in [9.17, 15) is 8.78 Å². The number of halogens is 2. The summed E-state index contributed by atoms with van der Waals surface area (Å²) in [6.07, 6.45) is 0. The molecule has 0 spiro atoms. The van der Waals surface area contributed by atoms with Crippen molar-refractivity contribution in [1.29, 1.82) is 0 Å². The van der Waals surface area contributed by atoms with Crippen LogP contribution in [0, 0.1) is 11.6 Å². The van der Waals surface area contributed by atoms with Gasteiger partial charge < -0.3 is 10.1 Å². The van der Waals surface area contributed by atoms with Gasteiger partial charge in [0.15, 0.2) is 0 Å². The molecule has 1 heterocycles. The second-order valence-electron chi connectivity index (χ2n) is 6.43. The standard InChI is InChI=1S/C23H18F2N2O/c1-28-20-11-13-21-16(14-20)4-12-22(27-21)23(15-2-5-17(24)6-3-15)26-19-9-7-18(25)8-10-19/h2-14,23,26H,1H3. The normalized spacial score (nSPS) is 12.0. The minimum Gasteiger partial charge on any atom is -0.497 e. The van der Waals surface area contributed by atoms with E-state index in [-0.39, 0.29) is 17.7 Å². The number of rotatable bonds is 5. The van der Waals surface area contributed by atoms with Crippen LogP contribution < -0.4 is 10.1 Å². The molecule has 4 rings (SSSR count). The van der Waals surface area contributed by atoms with Crippen molar-refractivity contribution in [3.63, 3.8) is 0 Å². The van der Waals surface area contributed by atoms with Crippen molar-refractivity contribution in [1.82, 2.24) is 4.98 Å². The highest BCUT2D eigenvalue weighted by Crippen LogP contribution is 2.28. The number of pyridine rings is 1. The van der Waals surface area contributed by atoms with Gasteiger partial charge in [-0.15, -0.1) is 0 Å². The highest BCUT2D eigenvalue weighted by Gasteiger charge is 2.16. The number of hydrogen-bond donors (Lipinski definition) is 1. The second kappa shape index (κ2) is 7.64. The molecule has 1 atom stereocenters. The summed E-state index contributed by atoms with van der Waals surface area (Å²) in [6.45, 7) is 0. The molecule has 0 aliphatic rings. The summed E-state index contributed by atoms with van der Waals surface area (Å²) in [5.41, 5.74) is 3.19. The zero-order valence-corrected chi connectivity index (χ0v) is 15.2. The second-order valence-corrected chi connectivity index (χ2v) is 6.43. The molecule has 0 amide bonds. The lowest BCUT2D eigenvalue weighted by Gasteiger charge is -2.21. The first kappa shape index (κ1) is 17.9. The lowest BCUT2D eigenvalue weighted by molar-refractivity contribution is 0.415. The molecule has 1 aromatic heterocycles. The van der Waals surface area contributed by atoms with Crippen LogP contribution in [0.3, 0.4) is 0 Å². The summed E-state index contributed by atoms with van der Waals surface area (Å²) in [4.78, 5) is 4.78. The number of nitrogens with one attached hydrogen (secondary N) is 1. The molecule has 4 aromatic rings. The van der Waals surface area contributed by atoms with Crippen molar-refractivity contribution < 1.29 is 13.5 Å². The highest BCUT2D eigenvalue weighted by atomic mass is 19.1. The molecule has 0 radical (unpaired) electrons. The fourth-order valence-electron chi connectivity index (χ4n) is 3.10. The predicted molar refractivity (Wildman–Crippen MR) is 107 cm³/mol. The van der Waals surface area contributed by atoms with E-state index >= 15 is 0 Å². The third-order valence-corrected chi connectivity index (χ3v) is 4.57. The predicted octanol–water partition coefficient (Wildman–Crippen LogP) is 5.72. The van der Waals surface area contributed by atoms with Crippen molar-refractivity contribution in [3.8, 4) is 5.75 Å². The van der Waals surface area contributed by atoms with Gasteiger partial charge in [0.25, 0.3) is 0 Å². The smallest absolute Gasteiger partial charge is 0.123 e. The number of hydrogen-bond acceptors (Lipinski definition) is 3. The summed E-state index contributed by atoms with van der Waals surface area (Å²) in [7, 11) is 1.63. The fourth-order valence-corrected chi connectivity index (χ4v) is 3.10. The van der Waals surface area contributed by atoms with Gasteiger partial charge >= 0.3 is 0 Å². The van der Waals surface area contributed by atoms with Crippen molar-refractivity contribution in [3.05, 3.63) is 102 Å². The van der Waals surface area contributed by atoms with Gasteiger partial charge in [-0.3, -0.25) is 4.98 Å². The SMILES string of the molecule is COc1ccc2nc(C(Nc3ccc(F)cc3)c3ccc(F)cc3)ccc2c1. The number of nitrogens with zero attached hydrogens (tertiary/aromatic N) is 1. The average Bonchev–Trinajstić information content (AvgIpc) is 2.73. The fraction of sp³-hybridized carbons (Fsp3) is 0.0870. The largest absolute Gasteiger partial charge is 0.497 e. The number of fused-ring (bicyclic) bond motifs is 1. The summed E-state index contributed by atoms with van der Waals surface area (Å²) < 4.78 is 31.9. The van der Waals surface area contributed by atoms with Crippen molar-refractivity contribution in [2.75, 3.05) is 12.4 Å². The minimum absolute atomic E-state index is 0.303. The molecule has 3 aromatic carbocycles. The summed E-state index contributed by atoms with van der Waals surface area (Å²) >= 11 is 0. The molecular weight excluding hydrogens is 358 g/mol. The Bertz CT molecular complexity index is 1100. The minimum atomic E-state index is -0.322. The highest BCUT2D eigenvalue weighted by molar-refractivity contribution is 5.80. The van der Waals surface area contributed by atoms with E-state index in [1.807, 2.05) is 30.3 Å². The molecular formula is C23H18F2N2O. The number of anilines is 1. The van der Waals surface area contributed by atoms with E-state index in [1.54, 1.807) is 31.4 Å². The van der Waals surface area contributed by atoms with Crippen LogP contribution in [-0.4, -0.2) is 12.1 Å². The molecule has 140 valence electrons. The van der Waals surface area contributed by atoms with Gasteiger partial charge in [-0.2, -0.15) is 0 Å². The number of aromatic nitrogens is 1. The van der Waals surface area contributed by atoms with Crippen LogP contribution in [0.5, 0.6) is 5.75 Å². The Balaban J connectivity index is 1.76. The molecule has 3 nitrogen and oxygen atoms in total. The zero-order chi connectivity index (χ0) is 19.5. The lowest BCUT2D eigenvalue weighted by atomic mass is 10.0. The molecule has 0 saturated heterocycles. The van der Waals surface area contributed by atoms with Crippen LogP contribution in [0.1, 0.15) is 17.3 Å². The van der Waals surface area contributed by atoms with Gasteiger partial charge in [0.2, 0.25) is 0 Å². The average molecular weight is 376 g/mol. The molecule has 0 bridgehead atoms. The summed E-state index contributed by atoms with van der Waals surface area (Å²) in [5, 5.41) is 4.33. The Hall–Kier alpha value is -3.47. The number of methoxy groups -OCH3 is 1. The van der Waals surface area contributed by atoms with Crippen molar-refractivity contribution >= 4 is 16.6 Å². The zero-order valence-electron chi connectivity index (χ0n) is 15.2. The molecule has 0 fully saturated rings. The Labute approximate surface area is 161 Å². The molecule has 1 unspecified atom stereocenters. The van der Waals surface area contributed by atoms with Crippen molar-refractivity contribution in [2.24, 2.45) is 0 Å². The van der Waals surface area contributed by atoms with E-state index in [0.717, 1.165) is 33.6 Å². The van der Waals surface area contributed by atoms with Gasteiger partial charge in [0.1, 0.15) is 17.4 Å². The van der Waals surface area contributed by atoms with Gasteiger partial charge in [-0.1, -0.05) is 18.2 Å². The van der Waals surface area contributed by atoms with E-state index in [2.05, 4.69) is 5.32 Å². The van der Waals surface area contributed by atoms with E-state index in [4.69, 9.17) is 9.72 Å². The van der Waals surface area contributed by atoms with Crippen LogP contribution in [-0.2, 0) is 0 Å². The molecule has 5 heteroatoms. The molecule has 28 heavy (non-hydrogen) atoms. The lowest BCUT2D eigenvalue weighted by Crippen LogP contribution is -2.14. The molecule has 0 saturated carbocycles. The Kier molecular flexibility index (Phi) is 4.89. The van der Waals surface area contributed by atoms with Gasteiger partial charge in [0.05, 0.1) is 24.4 Å². The van der Waals surface area contributed by atoms with Crippen LogP contribution in [0.15, 0.2) is 78.9 Å². The molecule has 0 aliphatic carbocycles. The molecule has 0 aliphatic heterocycles.